The van der Waals surface area contributed by atoms with Crippen LogP contribution in [-0.2, 0) is 9.53 Å². The second-order valence-electron chi connectivity index (χ2n) is 4.36. The minimum atomic E-state index is -1.02. The average molecular weight is 294 g/mol. The van der Waals surface area contributed by atoms with Crippen LogP contribution >= 0.6 is 0 Å². The Hall–Kier alpha value is -2.57. The number of hydrogen-bond acceptors (Lipinski definition) is 4. The third-order valence-electron chi connectivity index (χ3n) is 2.92. The molecule has 2 amide bonds. The number of esters is 1. The van der Waals surface area contributed by atoms with Gasteiger partial charge in [0.2, 0.25) is 0 Å². The first-order valence-corrected chi connectivity index (χ1v) is 6.35. The maximum Gasteiger partial charge on any atom is 0.335 e. The Balaban J connectivity index is 2.80. The minimum Gasteiger partial charge on any atom is -0.478 e. The van der Waals surface area contributed by atoms with Gasteiger partial charge < -0.3 is 20.1 Å². The van der Waals surface area contributed by atoms with Crippen molar-refractivity contribution in [2.24, 2.45) is 0 Å². The van der Waals surface area contributed by atoms with E-state index in [9.17, 15) is 14.4 Å². The van der Waals surface area contributed by atoms with Gasteiger partial charge in [0.25, 0.3) is 0 Å². The van der Waals surface area contributed by atoms with Gasteiger partial charge in [-0.25, -0.2) is 9.59 Å². The predicted octanol–water partition coefficient (Wildman–Crippen LogP) is 1.72. The van der Waals surface area contributed by atoms with Gasteiger partial charge >= 0.3 is 18.0 Å². The smallest absolute Gasteiger partial charge is 0.335 e. The molecule has 0 saturated carbocycles. The van der Waals surface area contributed by atoms with Crippen molar-refractivity contribution in [2.75, 3.05) is 25.5 Å². The fraction of sp³-hybridized carbons (Fsp3) is 0.357. The van der Waals surface area contributed by atoms with E-state index >= 15 is 0 Å². The van der Waals surface area contributed by atoms with Crippen molar-refractivity contribution < 1.29 is 24.2 Å². The van der Waals surface area contributed by atoms with E-state index in [1.54, 1.807) is 19.9 Å². The van der Waals surface area contributed by atoms with Gasteiger partial charge in [0.1, 0.15) is 6.54 Å². The number of amides is 2. The summed E-state index contributed by atoms with van der Waals surface area (Å²) in [5, 5.41) is 11.6. The molecule has 0 bridgehead atoms. The number of rotatable bonds is 5. The van der Waals surface area contributed by atoms with Gasteiger partial charge in [0.05, 0.1) is 12.7 Å². The van der Waals surface area contributed by atoms with Gasteiger partial charge in [-0.15, -0.1) is 0 Å². The number of nitrogens with zero attached hydrogens (tertiary/aromatic N) is 1. The highest BCUT2D eigenvalue weighted by Gasteiger charge is 2.16. The molecule has 0 spiro atoms. The van der Waals surface area contributed by atoms with Gasteiger partial charge in [0, 0.05) is 12.2 Å². The Morgan fingerprint density at radius 2 is 2.00 bits per heavy atom. The first kappa shape index (κ1) is 16.5. The molecule has 0 heterocycles. The van der Waals surface area contributed by atoms with Crippen LogP contribution in [-0.4, -0.2) is 48.2 Å². The Bertz CT molecular complexity index is 556. The second kappa shape index (κ2) is 7.28. The topological polar surface area (TPSA) is 95.9 Å². The number of nitrogens with one attached hydrogen (secondary N) is 1. The van der Waals surface area contributed by atoms with Crippen LogP contribution in [0.5, 0.6) is 0 Å². The number of urea groups is 1. The third-order valence-corrected chi connectivity index (χ3v) is 2.92. The van der Waals surface area contributed by atoms with Crippen LogP contribution < -0.4 is 5.32 Å². The van der Waals surface area contributed by atoms with Gasteiger partial charge in [-0.3, -0.25) is 4.79 Å². The fourth-order valence-corrected chi connectivity index (χ4v) is 1.73. The molecule has 0 radical (unpaired) electrons. The lowest BCUT2D eigenvalue weighted by Crippen LogP contribution is -2.39. The normalized spacial score (nSPS) is 9.86. The van der Waals surface area contributed by atoms with Crippen LogP contribution in [0, 0.1) is 6.92 Å². The lowest BCUT2D eigenvalue weighted by molar-refractivity contribution is -0.141. The number of aromatic carboxylic acids is 1. The number of methoxy groups -OCH3 is 1. The zero-order valence-corrected chi connectivity index (χ0v) is 12.2. The molecule has 0 unspecified atom stereocenters. The molecule has 0 saturated heterocycles. The highest BCUT2D eigenvalue weighted by molar-refractivity contribution is 5.93. The number of carbonyl (C=O) groups is 3. The Morgan fingerprint density at radius 3 is 2.48 bits per heavy atom. The quantitative estimate of drug-likeness (QED) is 0.806. The number of likely N-dealkylation sites (N-methyl/N-ethyl adjacent to an activating group) is 1. The summed E-state index contributed by atoms with van der Waals surface area (Å²) in [4.78, 5) is 35.4. The number of benzene rings is 1. The van der Waals surface area contributed by atoms with Gasteiger partial charge in [0.15, 0.2) is 0 Å². The van der Waals surface area contributed by atoms with Crippen molar-refractivity contribution in [2.45, 2.75) is 13.8 Å². The van der Waals surface area contributed by atoms with Gasteiger partial charge in [-0.2, -0.15) is 0 Å². The second-order valence-corrected chi connectivity index (χ2v) is 4.36. The molecule has 2 N–H and O–H groups in total. The molecule has 1 rings (SSSR count). The average Bonchev–Trinajstić information content (AvgIpc) is 2.43. The molecule has 0 fully saturated rings. The molecule has 0 aliphatic heterocycles. The molecule has 21 heavy (non-hydrogen) atoms. The maximum atomic E-state index is 12.0. The lowest BCUT2D eigenvalue weighted by Gasteiger charge is -2.20. The summed E-state index contributed by atoms with van der Waals surface area (Å²) >= 11 is 0. The van der Waals surface area contributed by atoms with Crippen molar-refractivity contribution in [1.82, 2.24) is 4.90 Å². The number of ether oxygens (including phenoxy) is 1. The Morgan fingerprint density at radius 1 is 1.33 bits per heavy atom. The summed E-state index contributed by atoms with van der Waals surface area (Å²) in [5.74, 6) is -1.53. The molecule has 0 aliphatic rings. The molecular weight excluding hydrogens is 276 g/mol. The Kier molecular flexibility index (Phi) is 5.71. The number of aryl methyl sites for hydroxylation is 1. The van der Waals surface area contributed by atoms with Crippen LogP contribution in [0.1, 0.15) is 22.8 Å². The number of carbonyl (C=O) groups excluding carboxylic acids is 2. The summed E-state index contributed by atoms with van der Waals surface area (Å²) in [6, 6.07) is 4.03. The fourth-order valence-electron chi connectivity index (χ4n) is 1.73. The van der Waals surface area contributed by atoms with E-state index in [-0.39, 0.29) is 12.1 Å². The van der Waals surface area contributed by atoms with Crippen molar-refractivity contribution >= 4 is 23.7 Å². The van der Waals surface area contributed by atoms with E-state index in [0.717, 1.165) is 0 Å². The van der Waals surface area contributed by atoms with Crippen molar-refractivity contribution in [3.8, 4) is 0 Å². The predicted molar refractivity (Wildman–Crippen MR) is 76.4 cm³/mol. The molecule has 1 aromatic rings. The van der Waals surface area contributed by atoms with Crippen LogP contribution in [0.15, 0.2) is 18.2 Å². The molecular formula is C14H18N2O5. The van der Waals surface area contributed by atoms with Crippen LogP contribution in [0.2, 0.25) is 0 Å². The zero-order chi connectivity index (χ0) is 16.0. The molecule has 114 valence electrons. The molecule has 0 aliphatic carbocycles. The molecule has 0 aromatic heterocycles. The summed E-state index contributed by atoms with van der Waals surface area (Å²) in [5.41, 5.74) is 1.18. The van der Waals surface area contributed by atoms with Crippen molar-refractivity contribution in [3.05, 3.63) is 29.3 Å². The van der Waals surface area contributed by atoms with E-state index in [0.29, 0.717) is 17.8 Å². The zero-order valence-electron chi connectivity index (χ0n) is 12.2. The molecule has 0 atom stereocenters. The number of hydrogen-bond donors (Lipinski definition) is 2. The monoisotopic (exact) mass is 294 g/mol. The third kappa shape index (κ3) is 4.48. The van der Waals surface area contributed by atoms with Gasteiger partial charge in [-0.05, 0) is 37.6 Å². The highest BCUT2D eigenvalue weighted by atomic mass is 16.5. The largest absolute Gasteiger partial charge is 0.478 e. The number of carboxylic acids is 1. The first-order valence-electron chi connectivity index (χ1n) is 6.35. The van der Waals surface area contributed by atoms with Crippen molar-refractivity contribution in [1.29, 1.82) is 0 Å². The molecule has 7 heteroatoms. The van der Waals surface area contributed by atoms with Crippen LogP contribution in [0.25, 0.3) is 0 Å². The van der Waals surface area contributed by atoms with E-state index in [2.05, 4.69) is 10.1 Å². The SMILES string of the molecule is CCN(CC(=O)OC)C(=O)Nc1ccc(C(=O)O)c(C)c1. The molecule has 7 nitrogen and oxygen atoms in total. The number of anilines is 1. The summed E-state index contributed by atoms with van der Waals surface area (Å²) in [6.07, 6.45) is 0. The maximum absolute atomic E-state index is 12.0. The number of carboxylic acid groups (broad SMARTS) is 1. The van der Waals surface area contributed by atoms with E-state index < -0.39 is 18.0 Å². The van der Waals surface area contributed by atoms with Crippen LogP contribution in [0.4, 0.5) is 10.5 Å². The highest BCUT2D eigenvalue weighted by Crippen LogP contribution is 2.15. The summed E-state index contributed by atoms with van der Waals surface area (Å²) in [7, 11) is 1.25. The summed E-state index contributed by atoms with van der Waals surface area (Å²) in [6.45, 7) is 3.57. The standard InChI is InChI=1S/C14H18N2O5/c1-4-16(8-12(17)21-3)14(20)15-10-5-6-11(13(18)19)9(2)7-10/h5-7H,4,8H2,1-3H3,(H,15,20)(H,18,19). The Labute approximate surface area is 122 Å². The van der Waals surface area contributed by atoms with Crippen LogP contribution in [0.3, 0.4) is 0 Å². The minimum absolute atomic E-state index is 0.148. The summed E-state index contributed by atoms with van der Waals surface area (Å²) < 4.78 is 4.52. The van der Waals surface area contributed by atoms with E-state index in [1.165, 1.54) is 24.1 Å². The van der Waals surface area contributed by atoms with Crippen molar-refractivity contribution in [3.63, 3.8) is 0 Å². The van der Waals surface area contributed by atoms with Gasteiger partial charge in [-0.1, -0.05) is 0 Å². The van der Waals surface area contributed by atoms with E-state index in [1.807, 2.05) is 0 Å². The molecule has 1 aromatic carbocycles. The first-order chi connectivity index (χ1) is 9.88. The van der Waals surface area contributed by atoms with E-state index in [4.69, 9.17) is 5.11 Å². The lowest BCUT2D eigenvalue weighted by atomic mass is 10.1.